The lowest BCUT2D eigenvalue weighted by Gasteiger charge is -2.15. The zero-order valence-electron chi connectivity index (χ0n) is 11.4. The lowest BCUT2D eigenvalue weighted by Crippen LogP contribution is -2.23. The Morgan fingerprint density at radius 1 is 1.32 bits per heavy atom. The lowest BCUT2D eigenvalue weighted by molar-refractivity contribution is 0.484. The number of halogens is 1. The smallest absolute Gasteiger partial charge is 0.123 e. The number of aromatic nitrogens is 2. The number of hydrogen-bond donors (Lipinski definition) is 1. The van der Waals surface area contributed by atoms with E-state index in [-0.39, 0.29) is 5.82 Å². The van der Waals surface area contributed by atoms with Crippen molar-refractivity contribution in [1.82, 2.24) is 15.1 Å². The lowest BCUT2D eigenvalue weighted by atomic mass is 9.94. The highest BCUT2D eigenvalue weighted by molar-refractivity contribution is 5.17. The van der Waals surface area contributed by atoms with Crippen molar-refractivity contribution in [3.8, 4) is 0 Å². The fourth-order valence-electron chi connectivity index (χ4n) is 2.37. The molecule has 1 atom stereocenters. The molecule has 3 nitrogen and oxygen atoms in total. The molecule has 0 radical (unpaired) electrons. The molecule has 1 heterocycles. The Kier molecular flexibility index (Phi) is 4.68. The van der Waals surface area contributed by atoms with Crippen LogP contribution in [0.1, 0.15) is 11.3 Å². The van der Waals surface area contributed by atoms with Gasteiger partial charge in [0.25, 0.3) is 0 Å². The summed E-state index contributed by atoms with van der Waals surface area (Å²) in [6, 6.07) is 8.87. The molecule has 1 aromatic heterocycles. The van der Waals surface area contributed by atoms with Gasteiger partial charge in [-0.25, -0.2) is 4.39 Å². The number of rotatable bonds is 6. The summed E-state index contributed by atoms with van der Waals surface area (Å²) in [4.78, 5) is 0. The van der Waals surface area contributed by atoms with Gasteiger partial charge < -0.3 is 5.32 Å². The van der Waals surface area contributed by atoms with E-state index in [4.69, 9.17) is 0 Å². The van der Waals surface area contributed by atoms with Crippen LogP contribution in [-0.2, 0) is 19.9 Å². The fraction of sp³-hybridized carbons (Fsp3) is 0.400. The average Bonchev–Trinajstić information content (AvgIpc) is 2.75. The van der Waals surface area contributed by atoms with E-state index in [0.29, 0.717) is 5.92 Å². The minimum absolute atomic E-state index is 0.168. The Bertz CT molecular complexity index is 522. The number of aryl methyl sites for hydroxylation is 1. The Labute approximate surface area is 113 Å². The van der Waals surface area contributed by atoms with Crippen molar-refractivity contribution in [1.29, 1.82) is 0 Å². The molecule has 102 valence electrons. The first-order valence-electron chi connectivity index (χ1n) is 6.55. The van der Waals surface area contributed by atoms with E-state index in [0.717, 1.165) is 30.6 Å². The van der Waals surface area contributed by atoms with Gasteiger partial charge in [0, 0.05) is 13.2 Å². The molecule has 0 aliphatic carbocycles. The van der Waals surface area contributed by atoms with Gasteiger partial charge in [0.05, 0.1) is 5.69 Å². The van der Waals surface area contributed by atoms with E-state index in [1.165, 1.54) is 6.07 Å². The van der Waals surface area contributed by atoms with Gasteiger partial charge in [-0.05, 0) is 56.1 Å². The second-order valence-corrected chi connectivity index (χ2v) is 4.94. The third kappa shape index (κ3) is 4.17. The van der Waals surface area contributed by atoms with E-state index in [2.05, 4.69) is 10.4 Å². The van der Waals surface area contributed by atoms with Crippen molar-refractivity contribution in [3.05, 3.63) is 53.6 Å². The largest absolute Gasteiger partial charge is 0.319 e. The molecule has 1 aromatic carbocycles. The molecular formula is C15H20FN3. The van der Waals surface area contributed by atoms with Crippen molar-refractivity contribution in [2.45, 2.75) is 12.8 Å². The monoisotopic (exact) mass is 261 g/mol. The zero-order valence-corrected chi connectivity index (χ0v) is 11.4. The van der Waals surface area contributed by atoms with Crippen LogP contribution in [0.25, 0.3) is 0 Å². The molecule has 0 saturated heterocycles. The van der Waals surface area contributed by atoms with Crippen LogP contribution >= 0.6 is 0 Å². The Hall–Kier alpha value is -1.68. The van der Waals surface area contributed by atoms with Gasteiger partial charge in [-0.1, -0.05) is 12.1 Å². The van der Waals surface area contributed by atoms with E-state index in [9.17, 15) is 4.39 Å². The van der Waals surface area contributed by atoms with E-state index >= 15 is 0 Å². The van der Waals surface area contributed by atoms with Crippen molar-refractivity contribution in [3.63, 3.8) is 0 Å². The normalized spacial score (nSPS) is 12.6. The Morgan fingerprint density at radius 2 is 2.16 bits per heavy atom. The number of nitrogens with zero attached hydrogens (tertiary/aromatic N) is 2. The molecule has 1 unspecified atom stereocenters. The summed E-state index contributed by atoms with van der Waals surface area (Å²) in [5.41, 5.74) is 2.12. The van der Waals surface area contributed by atoms with E-state index in [1.807, 2.05) is 37.1 Å². The van der Waals surface area contributed by atoms with Gasteiger partial charge in [-0.3, -0.25) is 4.68 Å². The molecule has 4 heteroatoms. The highest BCUT2D eigenvalue weighted by Crippen LogP contribution is 2.14. The average molecular weight is 261 g/mol. The molecule has 0 spiro atoms. The fourth-order valence-corrected chi connectivity index (χ4v) is 2.37. The van der Waals surface area contributed by atoms with Gasteiger partial charge in [-0.2, -0.15) is 5.10 Å². The molecule has 2 rings (SSSR count). The second kappa shape index (κ2) is 6.48. The maximum atomic E-state index is 13.2. The van der Waals surface area contributed by atoms with Gasteiger partial charge in [-0.15, -0.1) is 0 Å². The molecule has 0 bridgehead atoms. The molecule has 0 amide bonds. The second-order valence-electron chi connectivity index (χ2n) is 4.94. The first kappa shape index (κ1) is 13.7. The van der Waals surface area contributed by atoms with E-state index < -0.39 is 0 Å². The summed E-state index contributed by atoms with van der Waals surface area (Å²) in [6.45, 7) is 0.896. The predicted octanol–water partition coefficient (Wildman–Crippen LogP) is 2.18. The summed E-state index contributed by atoms with van der Waals surface area (Å²) in [7, 11) is 3.86. The minimum atomic E-state index is -0.168. The molecule has 0 aliphatic heterocycles. The highest BCUT2D eigenvalue weighted by atomic mass is 19.1. The topological polar surface area (TPSA) is 29.9 Å². The van der Waals surface area contributed by atoms with Crippen LogP contribution in [0.4, 0.5) is 4.39 Å². The molecule has 2 aromatic rings. The summed E-state index contributed by atoms with van der Waals surface area (Å²) in [5, 5.41) is 7.61. The van der Waals surface area contributed by atoms with E-state index in [1.54, 1.807) is 12.1 Å². The molecule has 0 saturated carbocycles. The Balaban J connectivity index is 2.03. The maximum absolute atomic E-state index is 13.2. The van der Waals surface area contributed by atoms with Crippen LogP contribution < -0.4 is 5.32 Å². The molecule has 0 fully saturated rings. The molecule has 0 aliphatic rings. The van der Waals surface area contributed by atoms with Crippen LogP contribution in [0.3, 0.4) is 0 Å². The summed E-state index contributed by atoms with van der Waals surface area (Å²) in [5.74, 6) is 0.250. The van der Waals surface area contributed by atoms with Crippen LogP contribution in [0, 0.1) is 11.7 Å². The van der Waals surface area contributed by atoms with Crippen molar-refractivity contribution >= 4 is 0 Å². The SMILES string of the molecule is CNCC(Cc1cccc(F)c1)Cc1ccn(C)n1. The molecular weight excluding hydrogens is 241 g/mol. The Morgan fingerprint density at radius 3 is 2.79 bits per heavy atom. The van der Waals surface area contributed by atoms with Gasteiger partial charge in [0.1, 0.15) is 5.82 Å². The molecule has 19 heavy (non-hydrogen) atoms. The van der Waals surface area contributed by atoms with Gasteiger partial charge in [0.2, 0.25) is 0 Å². The number of nitrogens with one attached hydrogen (secondary N) is 1. The molecule has 1 N–H and O–H groups in total. The standard InChI is InChI=1S/C15H20FN3/c1-17-11-13(10-15-6-7-19(2)18-15)8-12-4-3-5-14(16)9-12/h3-7,9,13,17H,8,10-11H2,1-2H3. The van der Waals surface area contributed by atoms with Crippen molar-refractivity contribution in [2.24, 2.45) is 13.0 Å². The highest BCUT2D eigenvalue weighted by Gasteiger charge is 2.12. The summed E-state index contributed by atoms with van der Waals surface area (Å²) < 4.78 is 15.0. The van der Waals surface area contributed by atoms with Gasteiger partial charge in [0.15, 0.2) is 0 Å². The first-order valence-corrected chi connectivity index (χ1v) is 6.55. The summed E-state index contributed by atoms with van der Waals surface area (Å²) in [6.07, 6.45) is 3.71. The first-order chi connectivity index (χ1) is 9.17. The number of benzene rings is 1. The third-order valence-corrected chi connectivity index (χ3v) is 3.17. The van der Waals surface area contributed by atoms with Crippen LogP contribution in [0.5, 0.6) is 0 Å². The van der Waals surface area contributed by atoms with Crippen molar-refractivity contribution < 1.29 is 4.39 Å². The summed E-state index contributed by atoms with van der Waals surface area (Å²) >= 11 is 0. The maximum Gasteiger partial charge on any atom is 0.123 e. The van der Waals surface area contributed by atoms with Crippen LogP contribution in [0.15, 0.2) is 36.5 Å². The quantitative estimate of drug-likeness (QED) is 0.863. The zero-order chi connectivity index (χ0) is 13.7. The predicted molar refractivity (Wildman–Crippen MR) is 74.4 cm³/mol. The van der Waals surface area contributed by atoms with Gasteiger partial charge >= 0.3 is 0 Å². The van der Waals surface area contributed by atoms with Crippen molar-refractivity contribution in [2.75, 3.05) is 13.6 Å². The van der Waals surface area contributed by atoms with Crippen LogP contribution in [-0.4, -0.2) is 23.4 Å². The number of hydrogen-bond acceptors (Lipinski definition) is 2. The van der Waals surface area contributed by atoms with Crippen LogP contribution in [0.2, 0.25) is 0 Å². The minimum Gasteiger partial charge on any atom is -0.319 e. The third-order valence-electron chi connectivity index (χ3n) is 3.17.